The van der Waals surface area contributed by atoms with Gasteiger partial charge >= 0.3 is 5.97 Å². The van der Waals surface area contributed by atoms with Gasteiger partial charge in [0.2, 0.25) is 0 Å². The lowest BCUT2D eigenvalue weighted by molar-refractivity contribution is -0.150. The first-order valence-corrected chi connectivity index (χ1v) is 15.9. The predicted molar refractivity (Wildman–Crippen MR) is 181 cm³/mol. The first-order valence-electron chi connectivity index (χ1n) is 15.5. The molecule has 4 nitrogen and oxygen atoms in total. The molecule has 0 aromatic heterocycles. The van der Waals surface area contributed by atoms with Gasteiger partial charge in [0.1, 0.15) is 17.2 Å². The molecule has 0 saturated heterocycles. The van der Waals surface area contributed by atoms with Crippen molar-refractivity contribution >= 4 is 39.5 Å². The lowest BCUT2D eigenvalue weighted by atomic mass is 9.84. The Labute approximate surface area is 267 Å². The highest BCUT2D eigenvalue weighted by molar-refractivity contribution is 6.33. The van der Waals surface area contributed by atoms with Gasteiger partial charge in [0.25, 0.3) is 0 Å². The van der Waals surface area contributed by atoms with Crippen molar-refractivity contribution in [2.75, 3.05) is 20.2 Å². The molecular formula is C38H45ClFNO3. The van der Waals surface area contributed by atoms with Crippen LogP contribution in [0.15, 0.2) is 71.5 Å². The topological polar surface area (TPSA) is 38.8 Å². The van der Waals surface area contributed by atoms with Crippen molar-refractivity contribution in [3.8, 4) is 5.75 Å². The third-order valence-corrected chi connectivity index (χ3v) is 8.45. The molecule has 0 unspecified atom stereocenters. The number of ether oxygens (including phenoxy) is 2. The number of hydrogen-bond acceptors (Lipinski definition) is 4. The molecule has 3 aromatic rings. The molecule has 6 heteroatoms. The summed E-state index contributed by atoms with van der Waals surface area (Å²) in [5, 5.41) is 2.35. The standard InChI is InChI=1S/C38H45ClFNO3/c1-9-12-32(37(42)44-38(5,6)7)31(14-11-22-43-34-15-10-13-27-23-28(40)16-17-30(27)34)29-18-19-33(39)36(25(29)3)35-24(2)20-21-41(8)26(35)4/h10,13,15-20,23H,9,11-12,14,21-22H2,1-8H3/b32-31+. The Bertz CT molecular complexity index is 1640. The maximum Gasteiger partial charge on any atom is 0.334 e. The summed E-state index contributed by atoms with van der Waals surface area (Å²) < 4.78 is 26.0. The molecule has 4 rings (SSSR count). The summed E-state index contributed by atoms with van der Waals surface area (Å²) in [5.74, 6) is 0.153. The van der Waals surface area contributed by atoms with Crippen LogP contribution in [-0.2, 0) is 9.53 Å². The Kier molecular flexibility index (Phi) is 10.6. The summed E-state index contributed by atoms with van der Waals surface area (Å²) >= 11 is 6.93. The number of fused-ring (bicyclic) bond motifs is 1. The Morgan fingerprint density at radius 1 is 1.05 bits per heavy atom. The van der Waals surface area contributed by atoms with Crippen molar-refractivity contribution in [1.29, 1.82) is 0 Å². The van der Waals surface area contributed by atoms with Gasteiger partial charge < -0.3 is 14.4 Å². The van der Waals surface area contributed by atoms with Crippen LogP contribution in [-0.4, -0.2) is 36.7 Å². The Balaban J connectivity index is 1.76. The molecule has 3 aromatic carbocycles. The van der Waals surface area contributed by atoms with Crippen LogP contribution < -0.4 is 4.74 Å². The fourth-order valence-corrected chi connectivity index (χ4v) is 6.17. The summed E-state index contributed by atoms with van der Waals surface area (Å²) in [4.78, 5) is 15.9. The highest BCUT2D eigenvalue weighted by atomic mass is 35.5. The smallest absolute Gasteiger partial charge is 0.334 e. The summed E-state index contributed by atoms with van der Waals surface area (Å²) in [6.07, 6.45) is 4.91. The summed E-state index contributed by atoms with van der Waals surface area (Å²) in [5.41, 5.74) is 7.57. The van der Waals surface area contributed by atoms with Crippen LogP contribution in [0.1, 0.15) is 83.9 Å². The minimum absolute atomic E-state index is 0.274. The van der Waals surface area contributed by atoms with E-state index in [9.17, 15) is 9.18 Å². The summed E-state index contributed by atoms with van der Waals surface area (Å²) in [7, 11) is 2.09. The van der Waals surface area contributed by atoms with Crippen molar-refractivity contribution in [3.05, 3.63) is 99.0 Å². The number of likely N-dealkylation sites (N-methyl/N-ethyl adjacent to an activating group) is 1. The van der Waals surface area contributed by atoms with E-state index in [0.717, 1.165) is 51.6 Å². The van der Waals surface area contributed by atoms with Crippen molar-refractivity contribution in [1.82, 2.24) is 4.90 Å². The zero-order chi connectivity index (χ0) is 32.2. The van der Waals surface area contributed by atoms with E-state index < -0.39 is 5.60 Å². The number of nitrogens with zero attached hydrogens (tertiary/aromatic N) is 1. The monoisotopic (exact) mass is 617 g/mol. The number of esters is 1. The van der Waals surface area contributed by atoms with Crippen LogP contribution in [0, 0.1) is 12.7 Å². The zero-order valence-corrected chi connectivity index (χ0v) is 28.1. The first kappa shape index (κ1) is 33.3. The van der Waals surface area contributed by atoms with Crippen LogP contribution in [0.3, 0.4) is 0 Å². The normalized spacial score (nSPS) is 14.5. The SMILES string of the molecule is CCC/C(C(=O)OC(C)(C)C)=C(/CCCOc1cccc2cc(F)ccc12)c1ccc(Cl)c(C2=C(C)N(C)CC=C2C)c1C. The Hall–Kier alpha value is -3.57. The minimum Gasteiger partial charge on any atom is -0.493 e. The second-order valence-electron chi connectivity index (χ2n) is 12.6. The molecule has 234 valence electrons. The van der Waals surface area contributed by atoms with Gasteiger partial charge in [-0.3, -0.25) is 0 Å². The van der Waals surface area contributed by atoms with Crippen LogP contribution in [0.25, 0.3) is 21.9 Å². The molecule has 0 amide bonds. The molecule has 0 radical (unpaired) electrons. The third-order valence-electron chi connectivity index (χ3n) is 8.13. The van der Waals surface area contributed by atoms with Gasteiger partial charge in [-0.05, 0) is 119 Å². The molecule has 0 fully saturated rings. The number of halogens is 2. The Morgan fingerprint density at radius 3 is 2.50 bits per heavy atom. The quantitative estimate of drug-likeness (QED) is 0.129. The number of allylic oxidation sites excluding steroid dienone is 4. The number of carbonyl (C=O) groups is 1. The molecule has 0 atom stereocenters. The van der Waals surface area contributed by atoms with Crippen molar-refractivity contribution < 1.29 is 18.7 Å². The van der Waals surface area contributed by atoms with E-state index in [1.165, 1.54) is 23.4 Å². The zero-order valence-electron chi connectivity index (χ0n) is 27.4. The molecule has 0 spiro atoms. The predicted octanol–water partition coefficient (Wildman–Crippen LogP) is 10.3. The number of rotatable bonds is 10. The molecule has 0 N–H and O–H groups in total. The molecule has 0 saturated carbocycles. The molecule has 1 aliphatic rings. The summed E-state index contributed by atoms with van der Waals surface area (Å²) in [6, 6.07) is 14.4. The van der Waals surface area contributed by atoms with E-state index in [0.29, 0.717) is 42.2 Å². The maximum atomic E-state index is 13.8. The fraction of sp³-hybridized carbons (Fsp3) is 0.395. The minimum atomic E-state index is -0.616. The fourth-order valence-electron chi connectivity index (χ4n) is 5.88. The molecule has 0 aliphatic carbocycles. The lowest BCUT2D eigenvalue weighted by Gasteiger charge is -2.30. The van der Waals surface area contributed by atoms with E-state index in [1.807, 2.05) is 51.1 Å². The van der Waals surface area contributed by atoms with Crippen LogP contribution in [0.5, 0.6) is 5.75 Å². The highest BCUT2D eigenvalue weighted by Crippen LogP contribution is 2.41. The molecule has 44 heavy (non-hydrogen) atoms. The van der Waals surface area contributed by atoms with Gasteiger partial charge in [-0.1, -0.05) is 49.2 Å². The van der Waals surface area contributed by atoms with Gasteiger partial charge in [-0.15, -0.1) is 0 Å². The number of hydrogen-bond donors (Lipinski definition) is 0. The maximum absolute atomic E-state index is 13.8. The molecular weight excluding hydrogens is 573 g/mol. The average Bonchev–Trinajstić information content (AvgIpc) is 2.95. The molecule has 1 aliphatic heterocycles. The Morgan fingerprint density at radius 2 is 1.80 bits per heavy atom. The second-order valence-corrected chi connectivity index (χ2v) is 13.0. The van der Waals surface area contributed by atoms with Gasteiger partial charge in [-0.2, -0.15) is 0 Å². The van der Waals surface area contributed by atoms with Crippen molar-refractivity contribution in [2.45, 2.75) is 79.8 Å². The van der Waals surface area contributed by atoms with E-state index in [1.54, 1.807) is 6.07 Å². The van der Waals surface area contributed by atoms with Crippen LogP contribution in [0.4, 0.5) is 4.39 Å². The molecule has 1 heterocycles. The van der Waals surface area contributed by atoms with Gasteiger partial charge in [-0.25, -0.2) is 9.18 Å². The van der Waals surface area contributed by atoms with E-state index in [2.05, 4.69) is 45.7 Å². The van der Waals surface area contributed by atoms with E-state index in [-0.39, 0.29) is 11.8 Å². The van der Waals surface area contributed by atoms with Crippen LogP contribution >= 0.6 is 11.6 Å². The largest absolute Gasteiger partial charge is 0.493 e. The third kappa shape index (κ3) is 7.55. The van der Waals surface area contributed by atoms with Gasteiger partial charge in [0, 0.05) is 46.4 Å². The van der Waals surface area contributed by atoms with Crippen LogP contribution in [0.2, 0.25) is 5.02 Å². The second kappa shape index (κ2) is 14.0. The first-order chi connectivity index (χ1) is 20.8. The van der Waals surface area contributed by atoms with Crippen molar-refractivity contribution in [3.63, 3.8) is 0 Å². The number of carbonyl (C=O) groups excluding carboxylic acids is 1. The summed E-state index contributed by atoms with van der Waals surface area (Å²) in [6.45, 7) is 15.4. The molecule has 0 bridgehead atoms. The number of benzene rings is 3. The lowest BCUT2D eigenvalue weighted by Crippen LogP contribution is -2.25. The van der Waals surface area contributed by atoms with Crippen molar-refractivity contribution in [2.24, 2.45) is 0 Å². The average molecular weight is 618 g/mol. The van der Waals surface area contributed by atoms with E-state index >= 15 is 0 Å². The van der Waals surface area contributed by atoms with E-state index in [4.69, 9.17) is 21.1 Å². The highest BCUT2D eigenvalue weighted by Gasteiger charge is 2.26. The van der Waals surface area contributed by atoms with Gasteiger partial charge in [0.15, 0.2) is 0 Å². The van der Waals surface area contributed by atoms with Gasteiger partial charge in [0.05, 0.1) is 6.61 Å².